The smallest absolute Gasteiger partial charge is 0.269 e. The molecule has 1 saturated carbocycles. The predicted octanol–water partition coefficient (Wildman–Crippen LogP) is 1.75. The second kappa shape index (κ2) is 3.95. The molecule has 0 aromatic carbocycles. The van der Waals surface area contributed by atoms with E-state index in [-0.39, 0.29) is 0 Å². The van der Waals surface area contributed by atoms with Gasteiger partial charge in [-0.15, -0.1) is 11.3 Å². The average molecular weight is 236 g/mol. The minimum absolute atomic E-state index is 0.568. The third kappa shape index (κ3) is 2.12. The van der Waals surface area contributed by atoms with Crippen LogP contribution in [0.15, 0.2) is 10.7 Å². The number of aryl methyl sites for hydroxylation is 1. The van der Waals surface area contributed by atoms with Crippen molar-refractivity contribution in [1.82, 2.24) is 20.4 Å². The molecule has 5 nitrogen and oxygen atoms in total. The Bertz CT molecular complexity index is 488. The summed E-state index contributed by atoms with van der Waals surface area (Å²) in [4.78, 5) is 9.42. The van der Waals surface area contributed by atoms with Crippen LogP contribution in [0.25, 0.3) is 10.8 Å². The van der Waals surface area contributed by atoms with Crippen molar-refractivity contribution in [1.29, 1.82) is 0 Å². The highest BCUT2D eigenvalue weighted by Gasteiger charge is 2.21. The number of hydrogen-bond acceptors (Lipinski definition) is 6. The van der Waals surface area contributed by atoms with Crippen molar-refractivity contribution in [2.24, 2.45) is 0 Å². The maximum Gasteiger partial charge on any atom is 0.269 e. The van der Waals surface area contributed by atoms with E-state index < -0.39 is 0 Å². The van der Waals surface area contributed by atoms with E-state index in [0.29, 0.717) is 24.3 Å². The van der Waals surface area contributed by atoms with E-state index in [1.807, 2.05) is 6.92 Å². The standard InChI is InChI=1S/C10H12N4OS/c1-6-11-4-8(16-6)10-13-9(14-15-10)5-12-7-2-3-7/h4,7,12H,2-3,5H2,1H3. The van der Waals surface area contributed by atoms with Crippen LogP contribution >= 0.6 is 11.3 Å². The molecule has 2 aromatic rings. The number of rotatable bonds is 4. The second-order valence-corrected chi connectivity index (χ2v) is 5.15. The van der Waals surface area contributed by atoms with E-state index in [2.05, 4.69) is 20.4 Å². The van der Waals surface area contributed by atoms with Gasteiger partial charge in [0, 0.05) is 6.04 Å². The zero-order valence-corrected chi connectivity index (χ0v) is 9.75. The van der Waals surface area contributed by atoms with Crippen molar-refractivity contribution in [2.45, 2.75) is 32.4 Å². The number of thiazole rings is 1. The monoisotopic (exact) mass is 236 g/mol. The molecular weight excluding hydrogens is 224 g/mol. The quantitative estimate of drug-likeness (QED) is 0.876. The molecular formula is C10H12N4OS. The number of aromatic nitrogens is 3. The zero-order chi connectivity index (χ0) is 11.0. The number of nitrogens with one attached hydrogen (secondary N) is 1. The van der Waals surface area contributed by atoms with Crippen LogP contribution in [0.1, 0.15) is 23.7 Å². The Kier molecular flexibility index (Phi) is 2.45. The van der Waals surface area contributed by atoms with Crippen molar-refractivity contribution in [3.05, 3.63) is 17.0 Å². The van der Waals surface area contributed by atoms with Gasteiger partial charge in [0.25, 0.3) is 5.89 Å². The van der Waals surface area contributed by atoms with Crippen LogP contribution in [0.2, 0.25) is 0 Å². The molecule has 84 valence electrons. The highest BCUT2D eigenvalue weighted by Crippen LogP contribution is 2.24. The molecule has 3 rings (SSSR count). The van der Waals surface area contributed by atoms with Gasteiger partial charge in [0.1, 0.15) is 4.88 Å². The molecule has 1 N–H and O–H groups in total. The first-order chi connectivity index (χ1) is 7.81. The lowest BCUT2D eigenvalue weighted by Crippen LogP contribution is -2.16. The fourth-order valence-electron chi connectivity index (χ4n) is 1.41. The molecule has 0 saturated heterocycles. The van der Waals surface area contributed by atoms with E-state index >= 15 is 0 Å². The summed E-state index contributed by atoms with van der Waals surface area (Å²) in [7, 11) is 0. The molecule has 1 fully saturated rings. The maximum atomic E-state index is 5.19. The minimum atomic E-state index is 0.568. The lowest BCUT2D eigenvalue weighted by atomic mass is 10.5. The van der Waals surface area contributed by atoms with Gasteiger partial charge in [0.2, 0.25) is 0 Å². The topological polar surface area (TPSA) is 63.8 Å². The van der Waals surface area contributed by atoms with Crippen molar-refractivity contribution >= 4 is 11.3 Å². The van der Waals surface area contributed by atoms with Crippen molar-refractivity contribution in [3.8, 4) is 10.8 Å². The summed E-state index contributed by atoms with van der Waals surface area (Å²) >= 11 is 1.56. The lowest BCUT2D eigenvalue weighted by Gasteiger charge is -1.94. The molecule has 0 radical (unpaired) electrons. The number of hydrogen-bond donors (Lipinski definition) is 1. The Morgan fingerprint density at radius 2 is 2.44 bits per heavy atom. The van der Waals surface area contributed by atoms with E-state index in [1.54, 1.807) is 17.5 Å². The molecule has 0 amide bonds. The normalized spacial score (nSPS) is 15.6. The van der Waals surface area contributed by atoms with Crippen molar-refractivity contribution in [3.63, 3.8) is 0 Å². The van der Waals surface area contributed by atoms with Gasteiger partial charge in [0.15, 0.2) is 5.82 Å². The third-order valence-corrected chi connectivity index (χ3v) is 3.33. The Hall–Kier alpha value is -1.27. The first-order valence-electron chi connectivity index (χ1n) is 5.30. The van der Waals surface area contributed by atoms with Crippen LogP contribution in [-0.4, -0.2) is 21.2 Å². The number of nitrogens with zero attached hydrogens (tertiary/aromatic N) is 3. The molecule has 0 aliphatic heterocycles. The highest BCUT2D eigenvalue weighted by atomic mass is 32.1. The Balaban J connectivity index is 1.71. The molecule has 0 spiro atoms. The molecule has 1 aliphatic rings. The van der Waals surface area contributed by atoms with Crippen LogP contribution in [0.3, 0.4) is 0 Å². The Labute approximate surface area is 96.9 Å². The summed E-state index contributed by atoms with van der Waals surface area (Å²) < 4.78 is 5.19. The Morgan fingerprint density at radius 1 is 1.56 bits per heavy atom. The second-order valence-electron chi connectivity index (χ2n) is 3.91. The summed E-state index contributed by atoms with van der Waals surface area (Å²) in [6.45, 7) is 2.64. The van der Waals surface area contributed by atoms with Gasteiger partial charge >= 0.3 is 0 Å². The summed E-state index contributed by atoms with van der Waals surface area (Å²) in [5.74, 6) is 1.28. The first-order valence-corrected chi connectivity index (χ1v) is 6.12. The Morgan fingerprint density at radius 3 is 3.12 bits per heavy atom. The molecule has 2 aromatic heterocycles. The molecule has 2 heterocycles. The summed E-state index contributed by atoms with van der Waals surface area (Å²) in [5, 5.41) is 8.28. The molecule has 0 bridgehead atoms. The van der Waals surface area contributed by atoms with Crippen LogP contribution in [0.5, 0.6) is 0 Å². The van der Waals surface area contributed by atoms with Crippen LogP contribution in [-0.2, 0) is 6.54 Å². The average Bonchev–Trinajstić information content (AvgIpc) is 2.81. The van der Waals surface area contributed by atoms with Crippen LogP contribution in [0, 0.1) is 6.92 Å². The fourth-order valence-corrected chi connectivity index (χ4v) is 2.11. The minimum Gasteiger partial charge on any atom is -0.333 e. The van der Waals surface area contributed by atoms with Gasteiger partial charge in [-0.25, -0.2) is 4.98 Å². The third-order valence-electron chi connectivity index (χ3n) is 2.43. The zero-order valence-electron chi connectivity index (χ0n) is 8.93. The van der Waals surface area contributed by atoms with Gasteiger partial charge in [-0.3, -0.25) is 0 Å². The van der Waals surface area contributed by atoms with E-state index in [4.69, 9.17) is 4.52 Å². The van der Waals surface area contributed by atoms with Gasteiger partial charge in [-0.2, -0.15) is 4.98 Å². The summed E-state index contributed by atoms with van der Waals surface area (Å²) in [6, 6.07) is 0.660. The fraction of sp³-hybridized carbons (Fsp3) is 0.500. The summed E-state index contributed by atoms with van der Waals surface area (Å²) in [5.41, 5.74) is 0. The molecule has 6 heteroatoms. The maximum absolute atomic E-state index is 5.19. The lowest BCUT2D eigenvalue weighted by molar-refractivity contribution is 0.420. The van der Waals surface area contributed by atoms with Gasteiger partial charge in [0.05, 0.1) is 17.7 Å². The van der Waals surface area contributed by atoms with E-state index in [1.165, 1.54) is 12.8 Å². The van der Waals surface area contributed by atoms with Crippen molar-refractivity contribution in [2.75, 3.05) is 0 Å². The van der Waals surface area contributed by atoms with Crippen LogP contribution < -0.4 is 5.32 Å². The molecule has 1 aliphatic carbocycles. The SMILES string of the molecule is Cc1ncc(-c2nc(CNC3CC3)no2)s1. The van der Waals surface area contributed by atoms with Gasteiger partial charge < -0.3 is 9.84 Å². The van der Waals surface area contributed by atoms with Gasteiger partial charge in [-0.1, -0.05) is 5.16 Å². The van der Waals surface area contributed by atoms with Crippen molar-refractivity contribution < 1.29 is 4.52 Å². The largest absolute Gasteiger partial charge is 0.333 e. The molecule has 0 unspecified atom stereocenters. The van der Waals surface area contributed by atoms with Crippen LogP contribution in [0.4, 0.5) is 0 Å². The molecule has 0 atom stereocenters. The van der Waals surface area contributed by atoms with E-state index in [0.717, 1.165) is 9.88 Å². The predicted molar refractivity (Wildman–Crippen MR) is 60.0 cm³/mol. The highest BCUT2D eigenvalue weighted by molar-refractivity contribution is 7.14. The first kappa shape index (κ1) is 9.92. The van der Waals surface area contributed by atoms with E-state index in [9.17, 15) is 0 Å². The van der Waals surface area contributed by atoms with Gasteiger partial charge in [-0.05, 0) is 19.8 Å². The summed E-state index contributed by atoms with van der Waals surface area (Å²) in [6.07, 6.45) is 4.29. The molecule has 16 heavy (non-hydrogen) atoms.